The summed E-state index contributed by atoms with van der Waals surface area (Å²) in [5.74, 6) is 13.5. The summed E-state index contributed by atoms with van der Waals surface area (Å²) in [7, 11) is 0. The molecule has 0 bridgehead atoms. The van der Waals surface area contributed by atoms with Crippen molar-refractivity contribution >= 4 is 0 Å². The molecule has 2 aromatic rings. The van der Waals surface area contributed by atoms with Crippen LogP contribution in [0.25, 0.3) is 0 Å². The number of hydrogen-bond donors (Lipinski definition) is 0. The highest BCUT2D eigenvalue weighted by atomic mass is 14.1. The summed E-state index contributed by atoms with van der Waals surface area (Å²) >= 11 is 0. The van der Waals surface area contributed by atoms with Crippen molar-refractivity contribution in [3.05, 3.63) is 82.9 Å². The van der Waals surface area contributed by atoms with Gasteiger partial charge < -0.3 is 0 Å². The van der Waals surface area contributed by atoms with Crippen LogP contribution in [-0.4, -0.2) is 0 Å². The molecule has 0 unspecified atom stereocenters. The maximum atomic E-state index is 3.42. The van der Waals surface area contributed by atoms with Gasteiger partial charge >= 0.3 is 0 Å². The van der Waals surface area contributed by atoms with Crippen LogP contribution in [0.5, 0.6) is 0 Å². The lowest BCUT2D eigenvalue weighted by Crippen LogP contribution is -1.95. The van der Waals surface area contributed by atoms with Crippen molar-refractivity contribution in [2.24, 2.45) is 0 Å². The van der Waals surface area contributed by atoms with Gasteiger partial charge in [-0.05, 0) is 49.9 Å². The highest BCUT2D eigenvalue weighted by molar-refractivity contribution is 5.49. The molecule has 2 aromatic carbocycles. The summed E-state index contributed by atoms with van der Waals surface area (Å²) in [5, 5.41) is 0. The largest absolute Gasteiger partial charge is 0.0651 e. The summed E-state index contributed by atoms with van der Waals surface area (Å²) in [5.41, 5.74) is 4.62. The first-order chi connectivity index (χ1) is 11.9. The molecule has 0 amide bonds. The minimum atomic E-state index is 1.05. The third kappa shape index (κ3) is 4.91. The molecule has 1 aliphatic rings. The molecule has 1 aliphatic carbocycles. The third-order valence-electron chi connectivity index (χ3n) is 4.23. The van der Waals surface area contributed by atoms with Crippen LogP contribution in [0.15, 0.2) is 71.8 Å². The Morgan fingerprint density at radius 3 is 1.29 bits per heavy atom. The highest BCUT2D eigenvalue weighted by Crippen LogP contribution is 2.22. The van der Waals surface area contributed by atoms with E-state index in [2.05, 4.69) is 47.9 Å². The lowest BCUT2D eigenvalue weighted by Gasteiger charge is -2.10. The Labute approximate surface area is 145 Å². The van der Waals surface area contributed by atoms with Crippen molar-refractivity contribution in [3.63, 3.8) is 0 Å². The summed E-state index contributed by atoms with van der Waals surface area (Å²) in [6.45, 7) is 0. The second-order valence-electron chi connectivity index (χ2n) is 6.10. The predicted octanol–water partition coefficient (Wildman–Crippen LogP) is 5.74. The summed E-state index contributed by atoms with van der Waals surface area (Å²) < 4.78 is 0. The first-order valence-corrected chi connectivity index (χ1v) is 8.78. The fraction of sp³-hybridized carbons (Fsp3) is 0.250. The maximum absolute atomic E-state index is 3.42. The Balaban J connectivity index is 1.92. The van der Waals surface area contributed by atoms with Crippen molar-refractivity contribution in [2.45, 2.75) is 38.5 Å². The van der Waals surface area contributed by atoms with Crippen LogP contribution in [-0.2, 0) is 0 Å². The molecular formula is C24H22. The Hall–Kier alpha value is -2.70. The Morgan fingerprint density at radius 2 is 0.875 bits per heavy atom. The van der Waals surface area contributed by atoms with Gasteiger partial charge in [0.15, 0.2) is 0 Å². The molecule has 0 radical (unpaired) electrons. The molecule has 0 fully saturated rings. The van der Waals surface area contributed by atoms with E-state index in [0.29, 0.717) is 0 Å². The van der Waals surface area contributed by atoms with Crippen molar-refractivity contribution in [3.8, 4) is 23.7 Å². The van der Waals surface area contributed by atoms with Crippen LogP contribution in [0.3, 0.4) is 0 Å². The molecule has 0 N–H and O–H groups in total. The molecule has 0 saturated carbocycles. The van der Waals surface area contributed by atoms with Gasteiger partial charge in [0.2, 0.25) is 0 Å². The average Bonchev–Trinajstić information content (AvgIpc) is 2.62. The molecule has 3 rings (SSSR count). The monoisotopic (exact) mass is 310 g/mol. The summed E-state index contributed by atoms with van der Waals surface area (Å²) in [4.78, 5) is 0. The zero-order valence-electron chi connectivity index (χ0n) is 14.0. The van der Waals surface area contributed by atoms with Gasteiger partial charge in [-0.3, -0.25) is 0 Å². The third-order valence-corrected chi connectivity index (χ3v) is 4.23. The molecule has 24 heavy (non-hydrogen) atoms. The van der Waals surface area contributed by atoms with Crippen LogP contribution >= 0.6 is 0 Å². The van der Waals surface area contributed by atoms with Gasteiger partial charge in [-0.25, -0.2) is 0 Å². The standard InChI is InChI=1S/C24H22/c1-2-10-16-24(20-18-22-13-7-4-8-14-22)23(15-9-1)19-17-21-11-5-3-6-12-21/h3-8,11-14H,1-2,9-10,15-16H2/b24-23-. The van der Waals surface area contributed by atoms with Crippen LogP contribution in [0.4, 0.5) is 0 Å². The molecule has 0 heterocycles. The second-order valence-corrected chi connectivity index (χ2v) is 6.10. The van der Waals surface area contributed by atoms with E-state index in [-0.39, 0.29) is 0 Å². The topological polar surface area (TPSA) is 0 Å². The van der Waals surface area contributed by atoms with Crippen molar-refractivity contribution < 1.29 is 0 Å². The maximum Gasteiger partial charge on any atom is 0.0248 e. The SMILES string of the molecule is C(#Cc1ccccc1)/C1=C(\C#Cc2ccccc2)CCCCCC1. The van der Waals surface area contributed by atoms with Crippen molar-refractivity contribution in [2.75, 3.05) is 0 Å². The summed E-state index contributed by atoms with van der Waals surface area (Å²) in [6, 6.07) is 20.4. The molecule has 0 atom stereocenters. The Morgan fingerprint density at radius 1 is 0.458 bits per heavy atom. The predicted molar refractivity (Wildman–Crippen MR) is 101 cm³/mol. The van der Waals surface area contributed by atoms with Gasteiger partial charge in [-0.15, -0.1) is 0 Å². The van der Waals surface area contributed by atoms with Crippen molar-refractivity contribution in [1.82, 2.24) is 0 Å². The van der Waals surface area contributed by atoms with E-state index in [9.17, 15) is 0 Å². The molecular weight excluding hydrogens is 288 g/mol. The molecule has 0 aromatic heterocycles. The van der Waals surface area contributed by atoms with Crippen molar-refractivity contribution in [1.29, 1.82) is 0 Å². The smallest absolute Gasteiger partial charge is 0.0248 e. The lowest BCUT2D eigenvalue weighted by atomic mass is 9.93. The fourth-order valence-electron chi connectivity index (χ4n) is 2.87. The normalized spacial score (nSPS) is 17.5. The average molecular weight is 310 g/mol. The zero-order chi connectivity index (χ0) is 16.5. The molecule has 0 nitrogen and oxygen atoms in total. The minimum Gasteiger partial charge on any atom is -0.0651 e. The Kier molecular flexibility index (Phi) is 5.93. The van der Waals surface area contributed by atoms with E-state index in [1.54, 1.807) is 0 Å². The summed E-state index contributed by atoms with van der Waals surface area (Å²) in [6.07, 6.45) is 7.15. The molecule has 0 aliphatic heterocycles. The first kappa shape index (κ1) is 16.2. The lowest BCUT2D eigenvalue weighted by molar-refractivity contribution is 0.624. The number of hydrogen-bond acceptors (Lipinski definition) is 0. The van der Waals surface area contributed by atoms with Gasteiger partial charge in [-0.2, -0.15) is 0 Å². The minimum absolute atomic E-state index is 1.05. The van der Waals surface area contributed by atoms with E-state index >= 15 is 0 Å². The van der Waals surface area contributed by atoms with Gasteiger partial charge in [-0.1, -0.05) is 72.9 Å². The van der Waals surface area contributed by atoms with Crippen LogP contribution < -0.4 is 0 Å². The van der Waals surface area contributed by atoms with Gasteiger partial charge in [0.1, 0.15) is 0 Å². The number of allylic oxidation sites excluding steroid dienone is 2. The zero-order valence-corrected chi connectivity index (χ0v) is 14.0. The van der Waals surface area contributed by atoms with Gasteiger partial charge in [0, 0.05) is 22.3 Å². The van der Waals surface area contributed by atoms with Crippen LogP contribution in [0.2, 0.25) is 0 Å². The first-order valence-electron chi connectivity index (χ1n) is 8.78. The molecule has 0 saturated heterocycles. The quantitative estimate of drug-likeness (QED) is 0.544. The molecule has 0 heteroatoms. The fourth-order valence-corrected chi connectivity index (χ4v) is 2.87. The Bertz CT molecular complexity index is 731. The van der Waals surface area contributed by atoms with Gasteiger partial charge in [0.25, 0.3) is 0 Å². The van der Waals surface area contributed by atoms with E-state index in [0.717, 1.165) is 24.0 Å². The van der Waals surface area contributed by atoms with Gasteiger partial charge in [0.05, 0.1) is 0 Å². The van der Waals surface area contributed by atoms with E-state index in [4.69, 9.17) is 0 Å². The molecule has 118 valence electrons. The van der Waals surface area contributed by atoms with E-state index in [1.165, 1.54) is 36.8 Å². The van der Waals surface area contributed by atoms with E-state index < -0.39 is 0 Å². The number of rotatable bonds is 0. The van der Waals surface area contributed by atoms with Crippen LogP contribution in [0.1, 0.15) is 49.7 Å². The molecule has 0 spiro atoms. The number of benzene rings is 2. The van der Waals surface area contributed by atoms with Crippen LogP contribution in [0, 0.1) is 23.7 Å². The second kappa shape index (κ2) is 8.81. The van der Waals surface area contributed by atoms with E-state index in [1.807, 2.05) is 36.4 Å². The highest BCUT2D eigenvalue weighted by Gasteiger charge is 2.07.